The molecule has 0 saturated heterocycles. The van der Waals surface area contributed by atoms with E-state index in [2.05, 4.69) is 27.5 Å². The summed E-state index contributed by atoms with van der Waals surface area (Å²) in [7, 11) is 0. The molecule has 0 radical (unpaired) electrons. The van der Waals surface area contributed by atoms with E-state index in [-0.39, 0.29) is 0 Å². The van der Waals surface area contributed by atoms with Gasteiger partial charge in [0.25, 0.3) is 0 Å². The van der Waals surface area contributed by atoms with Crippen molar-refractivity contribution in [2.45, 2.75) is 12.8 Å². The third-order valence-corrected chi connectivity index (χ3v) is 1.93. The Labute approximate surface area is 86.8 Å². The molecule has 3 heteroatoms. The van der Waals surface area contributed by atoms with Gasteiger partial charge in [0.1, 0.15) is 5.75 Å². The van der Waals surface area contributed by atoms with E-state index in [9.17, 15) is 0 Å². The molecule has 0 saturated carbocycles. The van der Waals surface area contributed by atoms with Crippen molar-refractivity contribution in [3.8, 4) is 5.75 Å². The maximum atomic E-state index is 5.45. The van der Waals surface area contributed by atoms with Gasteiger partial charge in [-0.3, -0.25) is 4.98 Å². The highest BCUT2D eigenvalue weighted by Crippen LogP contribution is 2.15. The Hall–Kier alpha value is -0.830. The number of unbranched alkanes of at least 4 members (excludes halogenated alkanes) is 1. The molecule has 0 bridgehead atoms. The van der Waals surface area contributed by atoms with Crippen LogP contribution >= 0.6 is 15.9 Å². The summed E-state index contributed by atoms with van der Waals surface area (Å²) in [5, 5.41) is 0. The van der Waals surface area contributed by atoms with Crippen LogP contribution in [0, 0.1) is 0 Å². The Morgan fingerprint density at radius 3 is 3.08 bits per heavy atom. The average Bonchev–Trinajstić information content (AvgIpc) is 2.13. The Morgan fingerprint density at radius 2 is 2.38 bits per heavy atom. The smallest absolute Gasteiger partial charge is 0.138 e. The van der Waals surface area contributed by atoms with Crippen LogP contribution in [0.3, 0.4) is 0 Å². The molecule has 0 aliphatic carbocycles. The Kier molecular flexibility index (Phi) is 4.54. The van der Waals surface area contributed by atoms with Crippen LogP contribution in [0.2, 0.25) is 0 Å². The molecule has 70 valence electrons. The van der Waals surface area contributed by atoms with Crippen molar-refractivity contribution in [2.24, 2.45) is 0 Å². The second-order valence-corrected chi connectivity index (χ2v) is 3.53. The first-order chi connectivity index (χ1) is 6.33. The van der Waals surface area contributed by atoms with Gasteiger partial charge < -0.3 is 4.74 Å². The van der Waals surface area contributed by atoms with Crippen molar-refractivity contribution < 1.29 is 4.74 Å². The monoisotopic (exact) mass is 241 g/mol. The zero-order chi connectivity index (χ0) is 9.52. The van der Waals surface area contributed by atoms with E-state index in [4.69, 9.17) is 4.74 Å². The van der Waals surface area contributed by atoms with E-state index >= 15 is 0 Å². The zero-order valence-electron chi connectivity index (χ0n) is 7.37. The lowest BCUT2D eigenvalue weighted by Crippen LogP contribution is -1.96. The molecule has 0 spiro atoms. The summed E-state index contributed by atoms with van der Waals surface area (Å²) in [5.41, 5.74) is 0. The summed E-state index contributed by atoms with van der Waals surface area (Å²) < 4.78 is 6.39. The lowest BCUT2D eigenvalue weighted by molar-refractivity contribution is 0.311. The van der Waals surface area contributed by atoms with Gasteiger partial charge in [-0.1, -0.05) is 6.08 Å². The third-order valence-electron chi connectivity index (χ3n) is 1.50. The molecule has 0 N–H and O–H groups in total. The Balaban J connectivity index is 2.32. The van der Waals surface area contributed by atoms with Gasteiger partial charge >= 0.3 is 0 Å². The fourth-order valence-corrected chi connectivity index (χ4v) is 1.23. The fourth-order valence-electron chi connectivity index (χ4n) is 0.889. The molecular weight excluding hydrogens is 230 g/mol. The average molecular weight is 242 g/mol. The van der Waals surface area contributed by atoms with Crippen LogP contribution in [0.1, 0.15) is 12.8 Å². The summed E-state index contributed by atoms with van der Waals surface area (Å²) in [6.45, 7) is 4.36. The molecule has 0 unspecified atom stereocenters. The number of hydrogen-bond donors (Lipinski definition) is 0. The summed E-state index contributed by atoms with van der Waals surface area (Å²) >= 11 is 3.33. The molecule has 2 nitrogen and oxygen atoms in total. The molecule has 1 heterocycles. The van der Waals surface area contributed by atoms with Gasteiger partial charge in [0.2, 0.25) is 0 Å². The van der Waals surface area contributed by atoms with Crippen molar-refractivity contribution >= 4 is 15.9 Å². The van der Waals surface area contributed by atoms with Gasteiger partial charge in [-0.05, 0) is 34.8 Å². The van der Waals surface area contributed by atoms with Crippen molar-refractivity contribution in [1.82, 2.24) is 4.98 Å². The molecule has 0 amide bonds. The summed E-state index contributed by atoms with van der Waals surface area (Å²) in [6.07, 6.45) is 7.31. The van der Waals surface area contributed by atoms with E-state index in [1.54, 1.807) is 12.4 Å². The maximum absolute atomic E-state index is 5.45. The standard InChI is InChI=1S/C10H12BrNO/c1-2-3-4-5-13-10-6-9(11)7-12-8-10/h2,6-8H,1,3-5H2. The topological polar surface area (TPSA) is 22.1 Å². The first kappa shape index (κ1) is 10.3. The Bertz CT molecular complexity index is 275. The predicted octanol–water partition coefficient (Wildman–Crippen LogP) is 3.19. The first-order valence-electron chi connectivity index (χ1n) is 4.17. The van der Waals surface area contributed by atoms with Gasteiger partial charge in [-0.2, -0.15) is 0 Å². The minimum absolute atomic E-state index is 0.712. The van der Waals surface area contributed by atoms with Crippen LogP contribution in [-0.4, -0.2) is 11.6 Å². The SMILES string of the molecule is C=CCCCOc1cncc(Br)c1. The number of rotatable bonds is 5. The predicted molar refractivity (Wildman–Crippen MR) is 56.9 cm³/mol. The number of allylic oxidation sites excluding steroid dienone is 1. The van der Waals surface area contributed by atoms with Crippen LogP contribution in [0.25, 0.3) is 0 Å². The number of aromatic nitrogens is 1. The van der Waals surface area contributed by atoms with E-state index in [1.807, 2.05) is 12.1 Å². The van der Waals surface area contributed by atoms with Gasteiger partial charge in [0, 0.05) is 10.7 Å². The summed E-state index contributed by atoms with van der Waals surface area (Å²) in [6, 6.07) is 1.90. The van der Waals surface area contributed by atoms with Crippen molar-refractivity contribution in [3.05, 3.63) is 35.6 Å². The van der Waals surface area contributed by atoms with Gasteiger partial charge in [-0.15, -0.1) is 6.58 Å². The summed E-state index contributed by atoms with van der Waals surface area (Å²) in [4.78, 5) is 3.99. The lowest BCUT2D eigenvalue weighted by atomic mass is 10.3. The highest BCUT2D eigenvalue weighted by Gasteiger charge is 1.94. The molecule has 0 aromatic carbocycles. The van der Waals surface area contributed by atoms with E-state index < -0.39 is 0 Å². The normalized spacial score (nSPS) is 9.62. The second-order valence-electron chi connectivity index (χ2n) is 2.62. The molecule has 0 atom stereocenters. The number of nitrogens with zero attached hydrogens (tertiary/aromatic N) is 1. The van der Waals surface area contributed by atoms with Crippen LogP contribution in [0.15, 0.2) is 35.6 Å². The van der Waals surface area contributed by atoms with Crippen molar-refractivity contribution in [1.29, 1.82) is 0 Å². The number of ether oxygens (including phenoxy) is 1. The zero-order valence-corrected chi connectivity index (χ0v) is 8.96. The molecule has 0 fully saturated rings. The molecule has 1 aromatic heterocycles. The number of hydrogen-bond acceptors (Lipinski definition) is 2. The third kappa shape index (κ3) is 4.08. The maximum Gasteiger partial charge on any atom is 0.138 e. The van der Waals surface area contributed by atoms with Crippen LogP contribution < -0.4 is 4.74 Å². The van der Waals surface area contributed by atoms with E-state index in [0.717, 1.165) is 23.1 Å². The highest BCUT2D eigenvalue weighted by atomic mass is 79.9. The Morgan fingerprint density at radius 1 is 1.54 bits per heavy atom. The van der Waals surface area contributed by atoms with Gasteiger partial charge in [0.15, 0.2) is 0 Å². The molecule has 0 aliphatic rings. The summed E-state index contributed by atoms with van der Waals surface area (Å²) in [5.74, 6) is 0.804. The van der Waals surface area contributed by atoms with E-state index in [0.29, 0.717) is 6.61 Å². The largest absolute Gasteiger partial charge is 0.492 e. The first-order valence-corrected chi connectivity index (χ1v) is 4.96. The lowest BCUT2D eigenvalue weighted by Gasteiger charge is -2.04. The van der Waals surface area contributed by atoms with Gasteiger partial charge in [-0.25, -0.2) is 0 Å². The van der Waals surface area contributed by atoms with Crippen LogP contribution in [-0.2, 0) is 0 Å². The minimum atomic E-state index is 0.712. The molecular formula is C10H12BrNO. The van der Waals surface area contributed by atoms with Crippen LogP contribution in [0.5, 0.6) is 5.75 Å². The van der Waals surface area contributed by atoms with Crippen molar-refractivity contribution in [3.63, 3.8) is 0 Å². The van der Waals surface area contributed by atoms with Gasteiger partial charge in [0.05, 0.1) is 12.8 Å². The fraction of sp³-hybridized carbons (Fsp3) is 0.300. The molecule has 13 heavy (non-hydrogen) atoms. The number of pyridine rings is 1. The van der Waals surface area contributed by atoms with Crippen molar-refractivity contribution in [2.75, 3.05) is 6.61 Å². The second kappa shape index (κ2) is 5.75. The van der Waals surface area contributed by atoms with Crippen LogP contribution in [0.4, 0.5) is 0 Å². The molecule has 1 aromatic rings. The molecule has 1 rings (SSSR count). The molecule has 0 aliphatic heterocycles. The minimum Gasteiger partial charge on any atom is -0.492 e. The van der Waals surface area contributed by atoms with E-state index in [1.165, 1.54) is 0 Å². The quantitative estimate of drug-likeness (QED) is 0.584. The number of halogens is 1. The highest BCUT2D eigenvalue weighted by molar-refractivity contribution is 9.10.